The molecule has 0 aromatic rings. The van der Waals surface area contributed by atoms with Crippen LogP contribution in [0, 0.1) is 0 Å². The fraction of sp³-hybridized carbons (Fsp3) is 1.00. The number of hydrogen-bond donors (Lipinski definition) is 0. The third-order valence-electron chi connectivity index (χ3n) is 2.14. The molecule has 0 nitrogen and oxygen atoms in total. The van der Waals surface area contributed by atoms with Gasteiger partial charge in [-0.3, -0.25) is 0 Å². The molecule has 2 heteroatoms. The molecule has 0 aromatic heterocycles. The van der Waals surface area contributed by atoms with Gasteiger partial charge in [-0.15, -0.1) is 0 Å². The van der Waals surface area contributed by atoms with Crippen molar-refractivity contribution in [3.8, 4) is 0 Å². The van der Waals surface area contributed by atoms with Crippen molar-refractivity contribution in [1.29, 1.82) is 0 Å². The fourth-order valence-electron chi connectivity index (χ4n) is 1.51. The Hall–Kier alpha value is 1.04. The van der Waals surface area contributed by atoms with E-state index in [1.54, 1.807) is 0 Å². The molecule has 0 N–H and O–H groups in total. The first-order valence-corrected chi connectivity index (χ1v) is 10.3. The Balaban J connectivity index is 3.69. The maximum atomic E-state index is 2.40. The van der Waals surface area contributed by atoms with E-state index in [-0.39, 0.29) is 0 Å². The Morgan fingerprint density at radius 2 is 1.33 bits per heavy atom. The molecule has 0 aliphatic heterocycles. The van der Waals surface area contributed by atoms with Gasteiger partial charge in [0.05, 0.1) is 0 Å². The van der Waals surface area contributed by atoms with Crippen molar-refractivity contribution in [3.63, 3.8) is 0 Å². The molecule has 15 heavy (non-hydrogen) atoms. The normalized spacial score (nSPS) is 12.0. The second-order valence-electron chi connectivity index (χ2n) is 4.65. The van der Waals surface area contributed by atoms with Gasteiger partial charge in [-0.2, -0.15) is 0 Å². The fourth-order valence-corrected chi connectivity index (χ4v) is 11.0. The van der Waals surface area contributed by atoms with Crippen molar-refractivity contribution < 1.29 is 0 Å². The van der Waals surface area contributed by atoms with Gasteiger partial charge < -0.3 is 0 Å². The molecule has 0 radical (unpaired) electrons. The van der Waals surface area contributed by atoms with E-state index < -0.39 is 0 Å². The maximum absolute atomic E-state index is 2.40. The van der Waals surface area contributed by atoms with Crippen LogP contribution < -0.4 is 0 Å². The minimum atomic E-state index is 0.899. The van der Waals surface area contributed by atoms with E-state index in [9.17, 15) is 0 Å². The first-order chi connectivity index (χ1) is 7.06. The van der Waals surface area contributed by atoms with E-state index >= 15 is 0 Å². The molecule has 92 valence electrons. The van der Waals surface area contributed by atoms with E-state index in [0.717, 1.165) is 43.3 Å². The van der Waals surface area contributed by atoms with Crippen LogP contribution in [0.2, 0.25) is 13.3 Å². The molecule has 0 unspecified atom stereocenters. The van der Waals surface area contributed by atoms with Crippen molar-refractivity contribution >= 4 is 29.9 Å². The van der Waals surface area contributed by atoms with Gasteiger partial charge in [-0.1, -0.05) is 0 Å². The average molecular weight is 342 g/mol. The first-order valence-electron chi connectivity index (χ1n) is 6.37. The summed E-state index contributed by atoms with van der Waals surface area (Å²) in [6.45, 7) is 11.9. The topological polar surface area (TPSA) is 0 Å². The van der Waals surface area contributed by atoms with E-state index in [0.29, 0.717) is 0 Å². The second-order valence-corrected chi connectivity index (χ2v) is 13.6. The summed E-state index contributed by atoms with van der Waals surface area (Å²) in [7, 11) is 0. The van der Waals surface area contributed by atoms with Crippen LogP contribution in [0.3, 0.4) is 0 Å². The molecule has 0 bridgehead atoms. The summed E-state index contributed by atoms with van der Waals surface area (Å²) in [6, 6.07) is 0. The van der Waals surface area contributed by atoms with Gasteiger partial charge in [-0.25, -0.2) is 0 Å². The molecule has 0 heterocycles. The van der Waals surface area contributed by atoms with Crippen molar-refractivity contribution in [3.05, 3.63) is 0 Å². The van der Waals surface area contributed by atoms with Crippen LogP contribution >= 0.6 is 0 Å². The van der Waals surface area contributed by atoms with Crippen LogP contribution in [0.1, 0.15) is 66.7 Å². The summed E-state index contributed by atoms with van der Waals surface area (Å²) in [4.78, 5) is 1.91. The van der Waals surface area contributed by atoms with Crippen LogP contribution in [-0.2, 0) is 0 Å². The molecule has 0 amide bonds. The molecule has 0 aliphatic rings. The Labute approximate surface area is 110 Å². The number of hydrogen-bond acceptors (Lipinski definition) is 0. The monoisotopic (exact) mass is 344 g/mol. The Morgan fingerprint density at radius 3 is 1.73 bits per heavy atom. The van der Waals surface area contributed by atoms with Crippen molar-refractivity contribution in [2.75, 3.05) is 0 Å². The molecule has 0 saturated carbocycles. The van der Waals surface area contributed by atoms with E-state index in [4.69, 9.17) is 0 Å². The van der Waals surface area contributed by atoms with Crippen LogP contribution in [0.25, 0.3) is 0 Å². The second kappa shape index (κ2) is 10.2. The van der Waals surface area contributed by atoms with Gasteiger partial charge in [0.15, 0.2) is 0 Å². The van der Waals surface area contributed by atoms with Gasteiger partial charge in [-0.05, 0) is 0 Å². The first kappa shape index (κ1) is 16.0. The zero-order chi connectivity index (χ0) is 11.7. The Morgan fingerprint density at radius 1 is 0.800 bits per heavy atom. The van der Waals surface area contributed by atoms with Gasteiger partial charge in [0, 0.05) is 0 Å². The van der Waals surface area contributed by atoms with Crippen LogP contribution in [0.5, 0.6) is 0 Å². The SMILES string of the molecule is CCCCCCC([Se]C(C)C)[Se]C(C)C. The average Bonchev–Trinajstić information content (AvgIpc) is 2.10. The molecule has 0 atom stereocenters. The molecule has 0 spiro atoms. The van der Waals surface area contributed by atoms with Crippen molar-refractivity contribution in [2.45, 2.75) is 80.1 Å². The molecular formula is C13H28Se2. The zero-order valence-corrected chi connectivity index (χ0v) is 14.5. The third kappa shape index (κ3) is 11.3. The van der Waals surface area contributed by atoms with E-state index in [1.165, 1.54) is 32.1 Å². The van der Waals surface area contributed by atoms with E-state index in [1.807, 2.05) is 0 Å². The van der Waals surface area contributed by atoms with Crippen LogP contribution in [0.4, 0.5) is 0 Å². The van der Waals surface area contributed by atoms with Crippen molar-refractivity contribution in [2.24, 2.45) is 0 Å². The van der Waals surface area contributed by atoms with Crippen LogP contribution in [0.15, 0.2) is 0 Å². The van der Waals surface area contributed by atoms with Gasteiger partial charge in [0.1, 0.15) is 0 Å². The van der Waals surface area contributed by atoms with Gasteiger partial charge >= 0.3 is 110 Å². The minimum absolute atomic E-state index is 0.899. The summed E-state index contributed by atoms with van der Waals surface area (Å²) in [5.41, 5.74) is 0. The molecular weight excluding hydrogens is 314 g/mol. The Bertz CT molecular complexity index is 122. The quantitative estimate of drug-likeness (QED) is 0.418. The molecule has 0 saturated heterocycles. The summed E-state index contributed by atoms with van der Waals surface area (Å²) in [6.07, 6.45) is 7.29. The van der Waals surface area contributed by atoms with E-state index in [2.05, 4.69) is 34.6 Å². The molecule has 0 aromatic carbocycles. The number of rotatable bonds is 9. The summed E-state index contributed by atoms with van der Waals surface area (Å²) in [5.74, 6) is 0. The van der Waals surface area contributed by atoms with Gasteiger partial charge in [0.25, 0.3) is 0 Å². The summed E-state index contributed by atoms with van der Waals surface area (Å²) < 4.78 is 1.11. The van der Waals surface area contributed by atoms with Crippen molar-refractivity contribution in [1.82, 2.24) is 0 Å². The standard InChI is InChI=1S/C13H28Se2/c1-6-7-8-9-10-13(14-11(2)3)15-12(4)5/h11-13H,6-10H2,1-5H3. The molecule has 0 fully saturated rings. The van der Waals surface area contributed by atoms with Crippen LogP contribution in [-0.4, -0.2) is 29.9 Å². The number of unbranched alkanes of at least 4 members (excludes halogenated alkanes) is 3. The van der Waals surface area contributed by atoms with Gasteiger partial charge in [0.2, 0.25) is 0 Å². The molecule has 0 aliphatic carbocycles. The third-order valence-corrected chi connectivity index (χ3v) is 9.11. The Kier molecular flexibility index (Phi) is 10.9. The summed E-state index contributed by atoms with van der Waals surface area (Å²) >= 11 is 1.80. The molecule has 0 rings (SSSR count). The predicted molar refractivity (Wildman–Crippen MR) is 74.2 cm³/mol. The summed E-state index contributed by atoms with van der Waals surface area (Å²) in [5, 5.41) is 0. The predicted octanol–water partition coefficient (Wildman–Crippen LogP) is 4.77. The zero-order valence-electron chi connectivity index (χ0n) is 11.1.